The molecule has 4 nitrogen and oxygen atoms in total. The van der Waals surface area contributed by atoms with E-state index in [-0.39, 0.29) is 23.8 Å². The summed E-state index contributed by atoms with van der Waals surface area (Å²) in [6.07, 6.45) is 2.07. The maximum atomic E-state index is 12.8. The standard InChI is InChI=1S/C20H28O4Si2/c1-25(2,3)23-19-13-9-7-8-10-14(13)20(24-26(4,5)6)18-16(22)12-11-15(21)17(18)19/h7-12,17-20H,1-6H3/t17-,18+,19+,20-. The molecule has 0 amide bonds. The third kappa shape index (κ3) is 3.83. The van der Waals surface area contributed by atoms with E-state index in [4.69, 9.17) is 8.85 Å². The topological polar surface area (TPSA) is 52.6 Å². The average molecular weight is 389 g/mol. The van der Waals surface area contributed by atoms with E-state index in [2.05, 4.69) is 39.3 Å². The fourth-order valence-corrected chi connectivity index (χ4v) is 5.94. The van der Waals surface area contributed by atoms with Crippen molar-refractivity contribution in [2.45, 2.75) is 51.5 Å². The Labute approximate surface area is 157 Å². The van der Waals surface area contributed by atoms with Crippen LogP contribution in [-0.2, 0) is 18.4 Å². The van der Waals surface area contributed by atoms with Crippen LogP contribution >= 0.6 is 0 Å². The van der Waals surface area contributed by atoms with E-state index in [1.807, 2.05) is 24.3 Å². The van der Waals surface area contributed by atoms with Crippen molar-refractivity contribution in [3.8, 4) is 0 Å². The second-order valence-corrected chi connectivity index (χ2v) is 18.0. The molecular weight excluding hydrogens is 360 g/mol. The van der Waals surface area contributed by atoms with Crippen molar-refractivity contribution >= 4 is 28.2 Å². The molecule has 0 fully saturated rings. The zero-order chi connectivity index (χ0) is 19.3. The number of rotatable bonds is 4. The van der Waals surface area contributed by atoms with Gasteiger partial charge < -0.3 is 8.85 Å². The summed E-state index contributed by atoms with van der Waals surface area (Å²) >= 11 is 0. The summed E-state index contributed by atoms with van der Waals surface area (Å²) in [6.45, 7) is 12.7. The zero-order valence-electron chi connectivity index (χ0n) is 16.4. The van der Waals surface area contributed by atoms with Crippen molar-refractivity contribution in [2.75, 3.05) is 0 Å². The number of hydrogen-bond donors (Lipinski definition) is 0. The van der Waals surface area contributed by atoms with Gasteiger partial charge in [-0.3, -0.25) is 9.59 Å². The Morgan fingerprint density at radius 3 is 1.35 bits per heavy atom. The smallest absolute Gasteiger partial charge is 0.184 e. The first kappa shape index (κ1) is 19.4. The van der Waals surface area contributed by atoms with Crippen molar-refractivity contribution in [1.82, 2.24) is 0 Å². The second-order valence-electron chi connectivity index (χ2n) is 9.12. The lowest BCUT2D eigenvalue weighted by Gasteiger charge is -2.46. The fraction of sp³-hybridized carbons (Fsp3) is 0.500. The molecule has 0 spiro atoms. The van der Waals surface area contributed by atoms with E-state index in [1.54, 1.807) is 0 Å². The molecule has 4 atom stereocenters. The highest BCUT2D eigenvalue weighted by molar-refractivity contribution is 6.70. The van der Waals surface area contributed by atoms with E-state index in [9.17, 15) is 9.59 Å². The summed E-state index contributed by atoms with van der Waals surface area (Å²) in [7, 11) is -3.86. The van der Waals surface area contributed by atoms with Gasteiger partial charge in [0.1, 0.15) is 0 Å². The Morgan fingerprint density at radius 2 is 1.04 bits per heavy atom. The Hall–Kier alpha value is -1.35. The van der Waals surface area contributed by atoms with Gasteiger partial charge in [0.25, 0.3) is 0 Å². The van der Waals surface area contributed by atoms with Crippen molar-refractivity contribution in [2.24, 2.45) is 11.8 Å². The molecule has 0 saturated heterocycles. The predicted octanol–water partition coefficient (Wildman–Crippen LogP) is 4.43. The van der Waals surface area contributed by atoms with E-state index in [0.717, 1.165) is 11.1 Å². The van der Waals surface area contributed by atoms with Gasteiger partial charge >= 0.3 is 0 Å². The molecule has 0 aliphatic heterocycles. The molecule has 0 heterocycles. The van der Waals surface area contributed by atoms with E-state index >= 15 is 0 Å². The number of carbonyl (C=O) groups is 2. The Kier molecular flexibility index (Phi) is 4.98. The Bertz CT molecular complexity index is 695. The van der Waals surface area contributed by atoms with Gasteiger partial charge in [0.2, 0.25) is 0 Å². The molecule has 1 aromatic rings. The van der Waals surface area contributed by atoms with E-state index in [1.165, 1.54) is 12.2 Å². The highest BCUT2D eigenvalue weighted by Crippen LogP contribution is 2.51. The molecule has 0 radical (unpaired) electrons. The van der Waals surface area contributed by atoms with Crippen molar-refractivity contribution in [3.63, 3.8) is 0 Å². The number of hydrogen-bond acceptors (Lipinski definition) is 4. The first-order chi connectivity index (χ1) is 12.0. The monoisotopic (exact) mass is 388 g/mol. The van der Waals surface area contributed by atoms with Gasteiger partial charge in [-0.25, -0.2) is 0 Å². The Morgan fingerprint density at radius 1 is 0.692 bits per heavy atom. The van der Waals surface area contributed by atoms with Crippen LogP contribution in [0.2, 0.25) is 39.3 Å². The van der Waals surface area contributed by atoms with Gasteiger partial charge in [-0.15, -0.1) is 0 Å². The number of carbonyl (C=O) groups excluding carboxylic acids is 2. The third-order valence-electron chi connectivity index (χ3n) is 4.68. The maximum Gasteiger partial charge on any atom is 0.184 e. The number of ketones is 2. The molecule has 0 unspecified atom stereocenters. The SMILES string of the molecule is C[Si](C)(C)O[C@@H]1c2ccccc2[C@H](O[Si](C)(C)C)[C@@H]2C(=O)C=CC(=O)[C@@H]21. The lowest BCUT2D eigenvalue weighted by atomic mass is 9.66. The van der Waals surface area contributed by atoms with Crippen LogP contribution in [0, 0.1) is 11.8 Å². The van der Waals surface area contributed by atoms with Crippen molar-refractivity contribution < 1.29 is 18.4 Å². The summed E-state index contributed by atoms with van der Waals surface area (Å²) in [5, 5.41) is 0. The van der Waals surface area contributed by atoms with E-state index < -0.39 is 28.5 Å². The van der Waals surface area contributed by atoms with Gasteiger partial charge in [0.15, 0.2) is 28.2 Å². The molecular formula is C20H28O4Si2. The molecule has 0 aromatic heterocycles. The molecule has 2 aliphatic rings. The Balaban J connectivity index is 2.18. The minimum absolute atomic E-state index is 0.0310. The first-order valence-corrected chi connectivity index (χ1v) is 16.0. The lowest BCUT2D eigenvalue weighted by molar-refractivity contribution is -0.139. The van der Waals surface area contributed by atoms with Gasteiger partial charge in [0.05, 0.1) is 24.0 Å². The number of fused-ring (bicyclic) bond motifs is 2. The molecule has 26 heavy (non-hydrogen) atoms. The molecule has 3 rings (SSSR count). The van der Waals surface area contributed by atoms with Crippen LogP contribution in [0.25, 0.3) is 0 Å². The third-order valence-corrected chi connectivity index (χ3v) is 6.60. The van der Waals surface area contributed by atoms with Crippen molar-refractivity contribution in [3.05, 3.63) is 47.5 Å². The molecule has 6 heteroatoms. The van der Waals surface area contributed by atoms with Crippen LogP contribution in [0.3, 0.4) is 0 Å². The van der Waals surface area contributed by atoms with Crippen LogP contribution in [0.4, 0.5) is 0 Å². The van der Waals surface area contributed by atoms with Gasteiger partial charge in [-0.2, -0.15) is 0 Å². The molecule has 0 saturated carbocycles. The summed E-state index contributed by atoms with van der Waals surface area (Å²) < 4.78 is 12.9. The highest BCUT2D eigenvalue weighted by Gasteiger charge is 2.52. The number of allylic oxidation sites excluding steroid dienone is 2. The molecule has 0 N–H and O–H groups in total. The molecule has 0 bridgehead atoms. The second kappa shape index (κ2) is 6.67. The zero-order valence-corrected chi connectivity index (χ0v) is 18.4. The van der Waals surface area contributed by atoms with Gasteiger partial charge in [-0.1, -0.05) is 24.3 Å². The quantitative estimate of drug-likeness (QED) is 0.716. The minimum atomic E-state index is -1.93. The van der Waals surface area contributed by atoms with Crippen LogP contribution in [0.1, 0.15) is 23.3 Å². The fourth-order valence-electron chi connectivity index (χ4n) is 3.87. The highest BCUT2D eigenvalue weighted by atomic mass is 28.4. The molecule has 140 valence electrons. The summed E-state index contributed by atoms with van der Waals surface area (Å²) in [5.74, 6) is -1.07. The van der Waals surface area contributed by atoms with E-state index in [0.29, 0.717) is 0 Å². The molecule has 2 aliphatic carbocycles. The lowest BCUT2D eigenvalue weighted by Crippen LogP contribution is -2.48. The summed E-state index contributed by atoms with van der Waals surface area (Å²) in [5.41, 5.74) is 1.99. The maximum absolute atomic E-state index is 12.8. The summed E-state index contributed by atoms with van der Waals surface area (Å²) in [6, 6.07) is 7.98. The van der Waals surface area contributed by atoms with Crippen LogP contribution in [0.15, 0.2) is 36.4 Å². The average Bonchev–Trinajstić information content (AvgIpc) is 2.51. The normalized spacial score (nSPS) is 28.7. The van der Waals surface area contributed by atoms with Gasteiger partial charge in [0, 0.05) is 0 Å². The van der Waals surface area contributed by atoms with Crippen LogP contribution in [-0.4, -0.2) is 28.2 Å². The van der Waals surface area contributed by atoms with Crippen molar-refractivity contribution in [1.29, 1.82) is 0 Å². The largest absolute Gasteiger partial charge is 0.410 e. The minimum Gasteiger partial charge on any atom is -0.410 e. The van der Waals surface area contributed by atoms with Crippen LogP contribution in [0.5, 0.6) is 0 Å². The van der Waals surface area contributed by atoms with Crippen LogP contribution < -0.4 is 0 Å². The predicted molar refractivity (Wildman–Crippen MR) is 107 cm³/mol. The number of benzene rings is 1. The molecule has 1 aromatic carbocycles. The van der Waals surface area contributed by atoms with Gasteiger partial charge in [-0.05, 0) is 62.6 Å². The first-order valence-electron chi connectivity index (χ1n) is 9.18. The summed E-state index contributed by atoms with van der Waals surface area (Å²) in [4.78, 5) is 25.7.